The SMILES string of the molecule is CC(c1ccc(S(C)(=O)=O)cc1)N(C)C(=O)Cc1cccc(F)c1. The number of hydrogen-bond donors (Lipinski definition) is 0. The van der Waals surface area contributed by atoms with Gasteiger partial charge in [0.05, 0.1) is 17.4 Å². The van der Waals surface area contributed by atoms with Crippen LogP contribution in [0.25, 0.3) is 0 Å². The topological polar surface area (TPSA) is 54.5 Å². The maximum atomic E-state index is 13.2. The van der Waals surface area contributed by atoms with Crippen LogP contribution in [-0.4, -0.2) is 32.5 Å². The minimum Gasteiger partial charge on any atom is -0.339 e. The van der Waals surface area contributed by atoms with Crippen molar-refractivity contribution in [3.8, 4) is 0 Å². The minimum atomic E-state index is -3.24. The Kier molecular flexibility index (Phi) is 5.39. The molecule has 0 heterocycles. The van der Waals surface area contributed by atoms with Gasteiger partial charge in [-0.15, -0.1) is 0 Å². The van der Waals surface area contributed by atoms with Crippen molar-refractivity contribution in [3.05, 3.63) is 65.5 Å². The predicted molar refractivity (Wildman–Crippen MR) is 90.8 cm³/mol. The summed E-state index contributed by atoms with van der Waals surface area (Å²) in [6.07, 6.45) is 1.26. The Hall–Kier alpha value is -2.21. The fourth-order valence-corrected chi connectivity index (χ4v) is 3.01. The maximum Gasteiger partial charge on any atom is 0.227 e. The summed E-state index contributed by atoms with van der Waals surface area (Å²) in [4.78, 5) is 14.2. The molecule has 2 rings (SSSR count). The Morgan fingerprint density at radius 1 is 1.17 bits per heavy atom. The van der Waals surface area contributed by atoms with E-state index in [0.29, 0.717) is 5.56 Å². The van der Waals surface area contributed by atoms with Crippen LogP contribution >= 0.6 is 0 Å². The Bertz CT molecular complexity index is 832. The molecule has 2 aromatic rings. The summed E-state index contributed by atoms with van der Waals surface area (Å²) >= 11 is 0. The van der Waals surface area contributed by atoms with Gasteiger partial charge in [-0.2, -0.15) is 0 Å². The van der Waals surface area contributed by atoms with Gasteiger partial charge < -0.3 is 4.90 Å². The number of sulfone groups is 1. The fraction of sp³-hybridized carbons (Fsp3) is 0.278. The summed E-state index contributed by atoms with van der Waals surface area (Å²) in [5.41, 5.74) is 1.45. The Morgan fingerprint density at radius 2 is 1.79 bits per heavy atom. The average Bonchev–Trinajstić information content (AvgIpc) is 2.52. The van der Waals surface area contributed by atoms with Gasteiger partial charge in [-0.3, -0.25) is 4.79 Å². The molecule has 128 valence electrons. The average molecular weight is 349 g/mol. The zero-order valence-corrected chi connectivity index (χ0v) is 14.7. The summed E-state index contributed by atoms with van der Waals surface area (Å²) in [5.74, 6) is -0.507. The normalized spacial score (nSPS) is 12.7. The van der Waals surface area contributed by atoms with Gasteiger partial charge in [0.15, 0.2) is 9.84 Å². The first kappa shape index (κ1) is 18.1. The largest absolute Gasteiger partial charge is 0.339 e. The molecule has 0 N–H and O–H groups in total. The van der Waals surface area contributed by atoms with Crippen molar-refractivity contribution < 1.29 is 17.6 Å². The van der Waals surface area contributed by atoms with Gasteiger partial charge in [0.1, 0.15) is 5.82 Å². The number of nitrogens with zero attached hydrogens (tertiary/aromatic N) is 1. The third kappa shape index (κ3) is 4.41. The van der Waals surface area contributed by atoms with Crippen molar-refractivity contribution in [1.82, 2.24) is 4.90 Å². The zero-order valence-electron chi connectivity index (χ0n) is 13.9. The van der Waals surface area contributed by atoms with Crippen molar-refractivity contribution in [2.24, 2.45) is 0 Å². The van der Waals surface area contributed by atoms with Gasteiger partial charge >= 0.3 is 0 Å². The number of hydrogen-bond acceptors (Lipinski definition) is 3. The molecule has 24 heavy (non-hydrogen) atoms. The minimum absolute atomic E-state index is 0.111. The molecular formula is C18H20FNO3S. The molecule has 1 unspecified atom stereocenters. The second-order valence-electron chi connectivity index (χ2n) is 5.83. The quantitative estimate of drug-likeness (QED) is 0.834. The molecule has 0 aromatic heterocycles. The molecule has 0 saturated carbocycles. The molecule has 0 fully saturated rings. The molecule has 1 amide bonds. The van der Waals surface area contributed by atoms with E-state index in [1.165, 1.54) is 24.3 Å². The highest BCUT2D eigenvalue weighted by Gasteiger charge is 2.18. The van der Waals surface area contributed by atoms with E-state index in [1.54, 1.807) is 36.2 Å². The van der Waals surface area contributed by atoms with Crippen molar-refractivity contribution in [3.63, 3.8) is 0 Å². The number of benzene rings is 2. The first-order valence-corrected chi connectivity index (χ1v) is 9.38. The molecular weight excluding hydrogens is 329 g/mol. The summed E-state index contributed by atoms with van der Waals surface area (Å²) in [6, 6.07) is 12.2. The Labute approximate surface area is 141 Å². The first-order chi connectivity index (χ1) is 11.2. The lowest BCUT2D eigenvalue weighted by molar-refractivity contribution is -0.131. The Balaban J connectivity index is 2.10. The summed E-state index contributed by atoms with van der Waals surface area (Å²) in [6.45, 7) is 1.86. The van der Waals surface area contributed by atoms with E-state index in [9.17, 15) is 17.6 Å². The Morgan fingerprint density at radius 3 is 2.33 bits per heavy atom. The molecule has 4 nitrogen and oxygen atoms in total. The second-order valence-corrected chi connectivity index (χ2v) is 7.84. The van der Waals surface area contributed by atoms with Crippen molar-refractivity contribution in [2.75, 3.05) is 13.3 Å². The summed E-state index contributed by atoms with van der Waals surface area (Å²) in [7, 11) is -1.57. The van der Waals surface area contributed by atoms with Gasteiger partial charge in [0.2, 0.25) is 5.91 Å². The third-order valence-corrected chi connectivity index (χ3v) is 5.14. The van der Waals surface area contributed by atoms with Gasteiger partial charge in [-0.25, -0.2) is 12.8 Å². The lowest BCUT2D eigenvalue weighted by Gasteiger charge is -2.25. The van der Waals surface area contributed by atoms with Gasteiger partial charge in [0.25, 0.3) is 0 Å². The first-order valence-electron chi connectivity index (χ1n) is 7.48. The van der Waals surface area contributed by atoms with Crippen LogP contribution < -0.4 is 0 Å². The van der Waals surface area contributed by atoms with Crippen LogP contribution in [0.3, 0.4) is 0 Å². The number of carbonyl (C=O) groups excluding carboxylic acids is 1. The van der Waals surface area contributed by atoms with Crippen LogP contribution in [0.2, 0.25) is 0 Å². The lowest BCUT2D eigenvalue weighted by Crippen LogP contribution is -2.31. The molecule has 0 radical (unpaired) electrons. The van der Waals surface area contributed by atoms with Crippen LogP contribution in [-0.2, 0) is 21.1 Å². The van der Waals surface area contributed by atoms with Crippen molar-refractivity contribution in [1.29, 1.82) is 0 Å². The third-order valence-electron chi connectivity index (χ3n) is 4.01. The van der Waals surface area contributed by atoms with E-state index >= 15 is 0 Å². The van der Waals surface area contributed by atoms with Crippen LogP contribution in [0, 0.1) is 5.82 Å². The van der Waals surface area contributed by atoms with E-state index in [-0.39, 0.29) is 29.1 Å². The van der Waals surface area contributed by atoms with Crippen molar-refractivity contribution in [2.45, 2.75) is 24.3 Å². The second kappa shape index (κ2) is 7.13. The number of likely N-dealkylation sites (N-methyl/N-ethyl adjacent to an activating group) is 1. The highest BCUT2D eigenvalue weighted by molar-refractivity contribution is 7.90. The molecule has 0 spiro atoms. The van der Waals surface area contributed by atoms with Gasteiger partial charge in [0, 0.05) is 13.3 Å². The molecule has 0 aliphatic heterocycles. The lowest BCUT2D eigenvalue weighted by atomic mass is 10.1. The number of carbonyl (C=O) groups is 1. The van der Waals surface area contributed by atoms with Crippen LogP contribution in [0.5, 0.6) is 0 Å². The highest BCUT2D eigenvalue weighted by atomic mass is 32.2. The van der Waals surface area contributed by atoms with E-state index in [0.717, 1.165) is 11.8 Å². The van der Waals surface area contributed by atoms with Crippen molar-refractivity contribution >= 4 is 15.7 Å². The van der Waals surface area contributed by atoms with Gasteiger partial charge in [-0.05, 0) is 42.3 Å². The molecule has 6 heteroatoms. The van der Waals surface area contributed by atoms with E-state index in [1.807, 2.05) is 6.92 Å². The summed E-state index contributed by atoms with van der Waals surface area (Å²) < 4.78 is 36.2. The van der Waals surface area contributed by atoms with E-state index in [2.05, 4.69) is 0 Å². The fourth-order valence-electron chi connectivity index (χ4n) is 2.38. The molecule has 0 aliphatic carbocycles. The molecule has 0 aliphatic rings. The standard InChI is InChI=1S/C18H20FNO3S/c1-13(15-7-9-17(10-8-15)24(3,22)23)20(2)18(21)12-14-5-4-6-16(19)11-14/h4-11,13H,12H2,1-3H3. The predicted octanol–water partition coefficient (Wildman–Crippen LogP) is 2.99. The van der Waals surface area contributed by atoms with Crippen LogP contribution in [0.15, 0.2) is 53.4 Å². The van der Waals surface area contributed by atoms with E-state index in [4.69, 9.17) is 0 Å². The zero-order chi connectivity index (χ0) is 17.9. The molecule has 2 aromatic carbocycles. The number of halogens is 1. The molecule has 0 saturated heterocycles. The number of rotatable bonds is 5. The van der Waals surface area contributed by atoms with Crippen LogP contribution in [0.4, 0.5) is 4.39 Å². The monoisotopic (exact) mass is 349 g/mol. The smallest absolute Gasteiger partial charge is 0.227 e. The summed E-state index contributed by atoms with van der Waals surface area (Å²) in [5, 5.41) is 0. The maximum absolute atomic E-state index is 13.2. The highest BCUT2D eigenvalue weighted by Crippen LogP contribution is 2.21. The molecule has 0 bridgehead atoms. The molecule has 1 atom stereocenters. The van der Waals surface area contributed by atoms with Gasteiger partial charge in [-0.1, -0.05) is 24.3 Å². The van der Waals surface area contributed by atoms with Crippen LogP contribution in [0.1, 0.15) is 24.1 Å². The van der Waals surface area contributed by atoms with E-state index < -0.39 is 9.84 Å². The number of amides is 1.